The van der Waals surface area contributed by atoms with E-state index in [1.807, 2.05) is 12.1 Å². The largest absolute Gasteiger partial charge is 0.493 e. The second-order valence-corrected chi connectivity index (χ2v) is 5.94. The smallest absolute Gasteiger partial charge is 0.162 e. The van der Waals surface area contributed by atoms with Crippen LogP contribution in [0, 0.1) is 0 Å². The lowest BCUT2D eigenvalue weighted by Crippen LogP contribution is -2.48. The summed E-state index contributed by atoms with van der Waals surface area (Å²) in [7, 11) is 3.35. The van der Waals surface area contributed by atoms with Crippen LogP contribution >= 0.6 is 12.4 Å². The molecule has 1 spiro atoms. The van der Waals surface area contributed by atoms with Gasteiger partial charge in [-0.15, -0.1) is 12.4 Å². The number of anilines is 1. The lowest BCUT2D eigenvalue weighted by Gasteiger charge is -2.43. The van der Waals surface area contributed by atoms with Crippen LogP contribution in [0.25, 0.3) is 5.69 Å². The number of rotatable bonds is 2. The topological polar surface area (TPSA) is 47.5 Å². The summed E-state index contributed by atoms with van der Waals surface area (Å²) in [5.74, 6) is 1.51. The molecule has 0 bridgehead atoms. The molecule has 1 fully saturated rings. The molecule has 2 aromatic rings. The fraction of sp³-hybridized carbons (Fsp3) is 0.412. The van der Waals surface area contributed by atoms with Crippen LogP contribution < -0.4 is 20.1 Å². The van der Waals surface area contributed by atoms with Gasteiger partial charge < -0.3 is 24.7 Å². The molecular formula is C17H22ClN3O2. The number of ether oxygens (including phenoxy) is 2. The molecule has 3 heterocycles. The first-order valence-corrected chi connectivity index (χ1v) is 7.70. The molecule has 5 nitrogen and oxygen atoms in total. The van der Waals surface area contributed by atoms with E-state index < -0.39 is 0 Å². The highest BCUT2D eigenvalue weighted by Gasteiger charge is 2.40. The SMILES string of the molecule is COc1cc2c(cc1OC)-n1cccc1C1(CCNCC1)N2.Cl. The first kappa shape index (κ1) is 16.0. The highest BCUT2D eigenvalue weighted by atomic mass is 35.5. The quantitative estimate of drug-likeness (QED) is 0.886. The Morgan fingerprint density at radius 2 is 1.78 bits per heavy atom. The van der Waals surface area contributed by atoms with Crippen molar-refractivity contribution in [1.29, 1.82) is 0 Å². The lowest BCUT2D eigenvalue weighted by atomic mass is 9.83. The van der Waals surface area contributed by atoms with E-state index in [1.165, 1.54) is 5.69 Å². The van der Waals surface area contributed by atoms with E-state index in [4.69, 9.17) is 9.47 Å². The maximum Gasteiger partial charge on any atom is 0.162 e. The minimum atomic E-state index is 0. The summed E-state index contributed by atoms with van der Waals surface area (Å²) >= 11 is 0. The van der Waals surface area contributed by atoms with E-state index in [0.29, 0.717) is 0 Å². The van der Waals surface area contributed by atoms with Crippen LogP contribution in [0.2, 0.25) is 0 Å². The van der Waals surface area contributed by atoms with Crippen LogP contribution in [0.1, 0.15) is 18.5 Å². The van der Waals surface area contributed by atoms with Crippen molar-refractivity contribution < 1.29 is 9.47 Å². The molecule has 0 unspecified atom stereocenters. The Kier molecular flexibility index (Phi) is 4.17. The maximum absolute atomic E-state index is 5.46. The standard InChI is InChI=1S/C17H21N3O2.ClH/c1-21-14-10-12-13(11-15(14)22-2)20-9-3-4-16(20)17(19-12)5-7-18-8-6-17;/h3-4,9-11,18-19H,5-8H2,1-2H3;1H. The van der Waals surface area contributed by atoms with Crippen LogP contribution in [0.15, 0.2) is 30.5 Å². The zero-order valence-electron chi connectivity index (χ0n) is 13.4. The number of aromatic nitrogens is 1. The van der Waals surface area contributed by atoms with E-state index in [-0.39, 0.29) is 17.9 Å². The Morgan fingerprint density at radius 1 is 1.09 bits per heavy atom. The van der Waals surface area contributed by atoms with Gasteiger partial charge in [0.05, 0.1) is 31.1 Å². The number of hydrogen-bond donors (Lipinski definition) is 2. The molecule has 1 aromatic carbocycles. The molecule has 0 aliphatic carbocycles. The zero-order valence-corrected chi connectivity index (χ0v) is 14.2. The Bertz CT molecular complexity index is 708. The van der Waals surface area contributed by atoms with Crippen molar-refractivity contribution in [1.82, 2.24) is 9.88 Å². The van der Waals surface area contributed by atoms with E-state index in [1.54, 1.807) is 14.2 Å². The summed E-state index contributed by atoms with van der Waals surface area (Å²) in [5.41, 5.74) is 3.54. The molecule has 0 saturated carbocycles. The highest BCUT2D eigenvalue weighted by Crippen LogP contribution is 2.45. The second-order valence-electron chi connectivity index (χ2n) is 5.94. The molecule has 23 heavy (non-hydrogen) atoms. The normalized spacial score (nSPS) is 17.5. The monoisotopic (exact) mass is 335 g/mol. The zero-order chi connectivity index (χ0) is 15.2. The minimum absolute atomic E-state index is 0. The predicted molar refractivity (Wildman–Crippen MR) is 93.5 cm³/mol. The Morgan fingerprint density at radius 3 is 2.48 bits per heavy atom. The minimum Gasteiger partial charge on any atom is -0.493 e. The molecular weight excluding hydrogens is 314 g/mol. The summed E-state index contributed by atoms with van der Waals surface area (Å²) in [5, 5.41) is 7.23. The van der Waals surface area contributed by atoms with Gasteiger partial charge in [-0.1, -0.05) is 0 Å². The first-order valence-electron chi connectivity index (χ1n) is 7.70. The Labute approximate surface area is 142 Å². The maximum atomic E-state index is 5.46. The van der Waals surface area contributed by atoms with Crippen molar-refractivity contribution in [3.63, 3.8) is 0 Å². The number of nitrogens with one attached hydrogen (secondary N) is 2. The molecule has 0 amide bonds. The Hall–Kier alpha value is -1.85. The first-order chi connectivity index (χ1) is 10.8. The number of piperidine rings is 1. The molecule has 2 N–H and O–H groups in total. The molecule has 2 aliphatic heterocycles. The fourth-order valence-corrected chi connectivity index (χ4v) is 3.71. The van der Waals surface area contributed by atoms with Crippen molar-refractivity contribution >= 4 is 18.1 Å². The molecule has 124 valence electrons. The number of hydrogen-bond acceptors (Lipinski definition) is 4. The van der Waals surface area contributed by atoms with Crippen LogP contribution in [0.5, 0.6) is 11.5 Å². The van der Waals surface area contributed by atoms with E-state index in [9.17, 15) is 0 Å². The van der Waals surface area contributed by atoms with E-state index in [2.05, 4.69) is 33.5 Å². The molecule has 2 aliphatic rings. The summed E-state index contributed by atoms with van der Waals surface area (Å²) in [4.78, 5) is 0. The molecule has 4 rings (SSSR count). The van der Waals surface area contributed by atoms with Crippen LogP contribution in [-0.2, 0) is 5.54 Å². The van der Waals surface area contributed by atoms with Crippen LogP contribution in [0.3, 0.4) is 0 Å². The van der Waals surface area contributed by atoms with Gasteiger partial charge >= 0.3 is 0 Å². The predicted octanol–water partition coefficient (Wildman–Crippen LogP) is 2.92. The van der Waals surface area contributed by atoms with E-state index in [0.717, 1.165) is 48.8 Å². The van der Waals surface area contributed by atoms with Crippen molar-refractivity contribution in [3.8, 4) is 17.2 Å². The number of nitrogens with zero attached hydrogens (tertiary/aromatic N) is 1. The van der Waals surface area contributed by atoms with Gasteiger partial charge in [0, 0.05) is 24.0 Å². The summed E-state index contributed by atoms with van der Waals surface area (Å²) < 4.78 is 13.2. The van der Waals surface area contributed by atoms with Crippen LogP contribution in [0.4, 0.5) is 5.69 Å². The van der Waals surface area contributed by atoms with Gasteiger partial charge in [0.1, 0.15) is 0 Å². The third-order valence-corrected chi connectivity index (χ3v) is 4.83. The third kappa shape index (κ3) is 2.35. The van der Waals surface area contributed by atoms with E-state index >= 15 is 0 Å². The molecule has 6 heteroatoms. The van der Waals surface area contributed by atoms with Gasteiger partial charge in [0.25, 0.3) is 0 Å². The number of halogens is 1. The molecule has 0 radical (unpaired) electrons. The summed E-state index contributed by atoms with van der Waals surface area (Å²) in [6.07, 6.45) is 4.28. The summed E-state index contributed by atoms with van der Waals surface area (Å²) in [6.45, 7) is 2.06. The molecule has 1 aromatic heterocycles. The van der Waals surface area contributed by atoms with Gasteiger partial charge in [-0.05, 0) is 38.1 Å². The molecule has 1 saturated heterocycles. The van der Waals surface area contributed by atoms with Crippen molar-refractivity contribution in [2.24, 2.45) is 0 Å². The number of benzene rings is 1. The highest BCUT2D eigenvalue weighted by molar-refractivity contribution is 5.85. The average molecular weight is 336 g/mol. The van der Waals surface area contributed by atoms with Crippen molar-refractivity contribution in [2.75, 3.05) is 32.6 Å². The van der Waals surface area contributed by atoms with Gasteiger partial charge in [-0.2, -0.15) is 0 Å². The third-order valence-electron chi connectivity index (χ3n) is 4.83. The molecule has 0 atom stereocenters. The van der Waals surface area contributed by atoms with Gasteiger partial charge in [-0.3, -0.25) is 0 Å². The van der Waals surface area contributed by atoms with Gasteiger partial charge in [0.15, 0.2) is 11.5 Å². The van der Waals surface area contributed by atoms with Crippen molar-refractivity contribution in [2.45, 2.75) is 18.4 Å². The van der Waals surface area contributed by atoms with Gasteiger partial charge in [-0.25, -0.2) is 0 Å². The number of fused-ring (bicyclic) bond motifs is 4. The second kappa shape index (κ2) is 5.98. The fourth-order valence-electron chi connectivity index (χ4n) is 3.71. The lowest BCUT2D eigenvalue weighted by molar-refractivity contribution is 0.328. The Balaban J connectivity index is 0.00000156. The summed E-state index contributed by atoms with van der Waals surface area (Å²) in [6, 6.07) is 8.42. The average Bonchev–Trinajstić information content (AvgIpc) is 3.06. The number of methoxy groups -OCH3 is 2. The van der Waals surface area contributed by atoms with Crippen molar-refractivity contribution in [3.05, 3.63) is 36.2 Å². The van der Waals surface area contributed by atoms with Crippen LogP contribution in [-0.4, -0.2) is 31.9 Å². The van der Waals surface area contributed by atoms with Gasteiger partial charge in [0.2, 0.25) is 0 Å².